The van der Waals surface area contributed by atoms with E-state index in [9.17, 15) is 14.7 Å². The van der Waals surface area contributed by atoms with Crippen molar-refractivity contribution in [3.05, 3.63) is 119 Å². The molecule has 0 saturated carbocycles. The third-order valence-electron chi connectivity index (χ3n) is 4.58. The van der Waals surface area contributed by atoms with Gasteiger partial charge in [-0.25, -0.2) is 0 Å². The van der Waals surface area contributed by atoms with Gasteiger partial charge in [0.25, 0.3) is 0 Å². The van der Waals surface area contributed by atoms with E-state index in [1.165, 1.54) is 12.1 Å². The number of aromatic carboxylic acids is 1. The molecule has 0 aromatic heterocycles. The van der Waals surface area contributed by atoms with Crippen LogP contribution < -0.4 is 5.11 Å². The first-order valence-electron chi connectivity index (χ1n) is 8.72. The molecule has 1 atom stereocenters. The van der Waals surface area contributed by atoms with Crippen LogP contribution in [0.15, 0.2) is 91.5 Å². The van der Waals surface area contributed by atoms with E-state index in [-0.39, 0.29) is 22.8 Å². The van der Waals surface area contributed by atoms with Gasteiger partial charge >= 0.3 is 0 Å². The summed E-state index contributed by atoms with van der Waals surface area (Å²) >= 11 is 0. The van der Waals surface area contributed by atoms with Crippen molar-refractivity contribution in [2.24, 2.45) is 0 Å². The van der Waals surface area contributed by atoms with Crippen LogP contribution in [0.3, 0.4) is 0 Å². The summed E-state index contributed by atoms with van der Waals surface area (Å²) in [5.41, 5.74) is 2.48. The number of hydrogen-bond donors (Lipinski definition) is 0. The van der Waals surface area contributed by atoms with E-state index in [2.05, 4.69) is 6.58 Å². The number of carboxylic acids is 1. The Bertz CT molecular complexity index is 974. The minimum Gasteiger partial charge on any atom is -0.545 e. The Morgan fingerprint density at radius 2 is 1.37 bits per heavy atom. The minimum absolute atomic E-state index is 0.0670. The second-order valence-electron chi connectivity index (χ2n) is 6.28. The van der Waals surface area contributed by atoms with Crippen molar-refractivity contribution >= 4 is 11.8 Å². The van der Waals surface area contributed by atoms with Crippen LogP contribution >= 0.6 is 0 Å². The Labute approximate surface area is 158 Å². The van der Waals surface area contributed by atoms with Crippen LogP contribution in [0, 0.1) is 0 Å². The van der Waals surface area contributed by atoms with Gasteiger partial charge in [0.15, 0.2) is 5.78 Å². The second kappa shape index (κ2) is 8.28. The molecule has 3 rings (SSSR count). The summed E-state index contributed by atoms with van der Waals surface area (Å²) in [6.07, 6.45) is 2.53. The first-order chi connectivity index (χ1) is 13.1. The zero-order chi connectivity index (χ0) is 19.2. The Hall–Kier alpha value is -3.46. The van der Waals surface area contributed by atoms with Gasteiger partial charge in [0, 0.05) is 22.6 Å². The number of carbonyl (C=O) groups excluding carboxylic acids is 2. The van der Waals surface area contributed by atoms with Crippen LogP contribution in [0.5, 0.6) is 0 Å². The van der Waals surface area contributed by atoms with Crippen molar-refractivity contribution in [2.45, 2.75) is 12.3 Å². The van der Waals surface area contributed by atoms with E-state index in [0.29, 0.717) is 12.0 Å². The highest BCUT2D eigenvalue weighted by atomic mass is 16.4. The van der Waals surface area contributed by atoms with Gasteiger partial charge < -0.3 is 9.90 Å². The highest BCUT2D eigenvalue weighted by Gasteiger charge is 2.20. The molecule has 3 aromatic rings. The van der Waals surface area contributed by atoms with Crippen LogP contribution in [-0.2, 0) is 6.42 Å². The standard InChI is InChI=1S/C24H20O3/c1-2-18(16-17-10-4-3-5-11-17)19-12-6-7-13-20(19)23(25)21-14-8-9-15-22(21)24(26)27/h2-15,18H,1,16H2,(H,26,27)/p-1. The van der Waals surface area contributed by atoms with Crippen LogP contribution in [-0.4, -0.2) is 11.8 Å². The Balaban J connectivity index is 2.02. The first-order valence-corrected chi connectivity index (χ1v) is 8.72. The van der Waals surface area contributed by atoms with E-state index in [1.54, 1.807) is 24.3 Å². The Morgan fingerprint density at radius 3 is 2.00 bits per heavy atom. The summed E-state index contributed by atoms with van der Waals surface area (Å²) in [4.78, 5) is 24.5. The van der Waals surface area contributed by atoms with Crippen molar-refractivity contribution in [1.82, 2.24) is 0 Å². The minimum atomic E-state index is -1.36. The fraction of sp³-hybridized carbons (Fsp3) is 0.0833. The first kappa shape index (κ1) is 18.3. The van der Waals surface area contributed by atoms with Gasteiger partial charge in [0.05, 0.1) is 5.97 Å². The van der Waals surface area contributed by atoms with Gasteiger partial charge in [0.2, 0.25) is 0 Å². The number of carbonyl (C=O) groups is 2. The number of benzene rings is 3. The van der Waals surface area contributed by atoms with Crippen LogP contribution in [0.2, 0.25) is 0 Å². The van der Waals surface area contributed by atoms with Crippen molar-refractivity contribution in [3.63, 3.8) is 0 Å². The number of rotatable bonds is 7. The molecule has 134 valence electrons. The molecule has 0 N–H and O–H groups in total. The maximum absolute atomic E-state index is 13.1. The molecule has 0 saturated heterocycles. The maximum Gasteiger partial charge on any atom is 0.193 e. The smallest absolute Gasteiger partial charge is 0.193 e. The van der Waals surface area contributed by atoms with Gasteiger partial charge in [-0.05, 0) is 17.5 Å². The molecule has 3 aromatic carbocycles. The fourth-order valence-corrected chi connectivity index (χ4v) is 3.22. The normalized spacial score (nSPS) is 11.6. The quantitative estimate of drug-likeness (QED) is 0.478. The average molecular weight is 355 g/mol. The maximum atomic E-state index is 13.1. The topological polar surface area (TPSA) is 57.2 Å². The number of carboxylic acid groups (broad SMARTS) is 1. The van der Waals surface area contributed by atoms with Gasteiger partial charge in [0.1, 0.15) is 0 Å². The van der Waals surface area contributed by atoms with Gasteiger partial charge in [-0.2, -0.15) is 0 Å². The molecule has 0 bridgehead atoms. The second-order valence-corrected chi connectivity index (χ2v) is 6.28. The molecule has 0 radical (unpaired) electrons. The molecule has 27 heavy (non-hydrogen) atoms. The molecule has 0 fully saturated rings. The fourth-order valence-electron chi connectivity index (χ4n) is 3.22. The van der Waals surface area contributed by atoms with Crippen LogP contribution in [0.1, 0.15) is 43.3 Å². The molecule has 0 amide bonds. The lowest BCUT2D eigenvalue weighted by Crippen LogP contribution is -2.25. The summed E-state index contributed by atoms with van der Waals surface area (Å²) in [5, 5.41) is 11.4. The number of allylic oxidation sites excluding steroid dienone is 1. The summed E-state index contributed by atoms with van der Waals surface area (Å²) < 4.78 is 0. The molecule has 3 nitrogen and oxygen atoms in total. The SMILES string of the molecule is C=CC(Cc1ccccc1)c1ccccc1C(=O)c1ccccc1C(=O)[O-]. The van der Waals surface area contributed by atoms with E-state index < -0.39 is 5.97 Å². The summed E-state index contributed by atoms with van der Waals surface area (Å²) in [6.45, 7) is 3.94. The van der Waals surface area contributed by atoms with E-state index >= 15 is 0 Å². The molecule has 0 aliphatic heterocycles. The third-order valence-corrected chi connectivity index (χ3v) is 4.58. The molecule has 1 unspecified atom stereocenters. The van der Waals surface area contributed by atoms with Crippen molar-refractivity contribution in [1.29, 1.82) is 0 Å². The summed E-state index contributed by atoms with van der Waals surface area (Å²) in [7, 11) is 0. The summed E-state index contributed by atoms with van der Waals surface area (Å²) in [6, 6.07) is 23.4. The van der Waals surface area contributed by atoms with Gasteiger partial charge in [-0.3, -0.25) is 4.79 Å². The van der Waals surface area contributed by atoms with E-state index in [0.717, 1.165) is 11.1 Å². The van der Waals surface area contributed by atoms with Crippen LogP contribution in [0.25, 0.3) is 0 Å². The average Bonchev–Trinajstić information content (AvgIpc) is 2.72. The Kier molecular flexibility index (Phi) is 5.62. The molecular formula is C24H19O3-. The predicted octanol–water partition coefficient (Wildman–Crippen LogP) is 3.79. The highest BCUT2D eigenvalue weighted by molar-refractivity contribution is 6.14. The molecule has 0 aliphatic carbocycles. The lowest BCUT2D eigenvalue weighted by atomic mass is 9.85. The van der Waals surface area contributed by atoms with Crippen molar-refractivity contribution < 1.29 is 14.7 Å². The zero-order valence-corrected chi connectivity index (χ0v) is 14.8. The lowest BCUT2D eigenvalue weighted by Gasteiger charge is -2.18. The molecule has 0 heterocycles. The molecule has 3 heteroatoms. The van der Waals surface area contributed by atoms with Crippen LogP contribution in [0.4, 0.5) is 0 Å². The summed E-state index contributed by atoms with van der Waals surface area (Å²) in [5.74, 6) is -1.76. The van der Waals surface area contributed by atoms with Gasteiger partial charge in [-0.15, -0.1) is 6.58 Å². The lowest BCUT2D eigenvalue weighted by molar-refractivity contribution is -0.255. The molecule has 0 aliphatic rings. The Morgan fingerprint density at radius 1 is 0.815 bits per heavy atom. The van der Waals surface area contributed by atoms with E-state index in [4.69, 9.17) is 0 Å². The van der Waals surface area contributed by atoms with Gasteiger partial charge in [-0.1, -0.05) is 84.9 Å². The van der Waals surface area contributed by atoms with Crippen molar-refractivity contribution in [2.75, 3.05) is 0 Å². The number of ketones is 1. The highest BCUT2D eigenvalue weighted by Crippen LogP contribution is 2.27. The van der Waals surface area contributed by atoms with Crippen molar-refractivity contribution in [3.8, 4) is 0 Å². The van der Waals surface area contributed by atoms with E-state index in [1.807, 2.05) is 48.5 Å². The third kappa shape index (κ3) is 4.04. The largest absolute Gasteiger partial charge is 0.545 e. The number of hydrogen-bond acceptors (Lipinski definition) is 3. The monoisotopic (exact) mass is 355 g/mol. The molecular weight excluding hydrogens is 336 g/mol. The zero-order valence-electron chi connectivity index (χ0n) is 14.8. The molecule has 0 spiro atoms. The predicted molar refractivity (Wildman–Crippen MR) is 104 cm³/mol.